The third-order valence-electron chi connectivity index (χ3n) is 6.29. The van der Waals surface area contributed by atoms with Crippen molar-refractivity contribution in [3.8, 4) is 0 Å². The van der Waals surface area contributed by atoms with Gasteiger partial charge in [0.15, 0.2) is 5.96 Å². The normalized spacial score (nSPS) is 20.4. The quantitative estimate of drug-likeness (QED) is 0.636. The fourth-order valence-electron chi connectivity index (χ4n) is 4.62. The van der Waals surface area contributed by atoms with Crippen molar-refractivity contribution >= 4 is 16.9 Å². The van der Waals surface area contributed by atoms with Gasteiger partial charge in [0.2, 0.25) is 0 Å². The smallest absolute Gasteiger partial charge is 0.191 e. The van der Waals surface area contributed by atoms with Gasteiger partial charge < -0.3 is 20.0 Å². The number of hydrogen-bond acceptors (Lipinski definition) is 3. The van der Waals surface area contributed by atoms with E-state index >= 15 is 0 Å². The third-order valence-corrected chi connectivity index (χ3v) is 6.29. The maximum absolute atomic E-state index is 6.00. The first kappa shape index (κ1) is 18.4. The average Bonchev–Trinajstić information content (AvgIpc) is 3.35. The monoisotopic (exact) mass is 368 g/mol. The molecule has 0 bridgehead atoms. The van der Waals surface area contributed by atoms with Gasteiger partial charge in [-0.1, -0.05) is 31.0 Å². The van der Waals surface area contributed by atoms with E-state index in [9.17, 15) is 0 Å². The van der Waals surface area contributed by atoms with Crippen molar-refractivity contribution < 1.29 is 4.42 Å². The molecule has 0 amide bonds. The molecule has 2 heterocycles. The Morgan fingerprint density at radius 1 is 1.15 bits per heavy atom. The molecule has 2 aromatic rings. The number of fused-ring (bicyclic) bond motifs is 1. The molecule has 146 valence electrons. The molecule has 1 aliphatic carbocycles. The van der Waals surface area contributed by atoms with E-state index in [-0.39, 0.29) is 0 Å². The summed E-state index contributed by atoms with van der Waals surface area (Å²) in [5.74, 6) is 1.85. The number of para-hydroxylation sites is 1. The van der Waals surface area contributed by atoms with E-state index in [1.165, 1.54) is 62.6 Å². The predicted octanol–water partition coefficient (Wildman–Crippen LogP) is 3.81. The molecular weight excluding hydrogens is 336 g/mol. The fourth-order valence-corrected chi connectivity index (χ4v) is 4.62. The second kappa shape index (κ2) is 8.34. The van der Waals surface area contributed by atoms with Crippen molar-refractivity contribution in [1.29, 1.82) is 0 Å². The molecule has 1 saturated heterocycles. The van der Waals surface area contributed by atoms with Crippen LogP contribution in [0.15, 0.2) is 33.7 Å². The Hall–Kier alpha value is -2.01. The van der Waals surface area contributed by atoms with Crippen LogP contribution in [0.25, 0.3) is 11.0 Å². The van der Waals surface area contributed by atoms with Crippen LogP contribution in [0.5, 0.6) is 0 Å². The van der Waals surface area contributed by atoms with E-state index in [0.29, 0.717) is 12.6 Å². The molecule has 0 atom stereocenters. The van der Waals surface area contributed by atoms with Gasteiger partial charge in [-0.15, -0.1) is 0 Å². The molecule has 0 spiro atoms. The topological polar surface area (TPSA) is 52.8 Å². The highest BCUT2D eigenvalue weighted by molar-refractivity contribution is 5.83. The Kier molecular flexibility index (Phi) is 5.67. The summed E-state index contributed by atoms with van der Waals surface area (Å²) in [5.41, 5.74) is 2.16. The standard InChI is InChI=1S/C22H32N4O/c1-16-19-9-5-6-10-20(19)27-21(16)15-24-22(23-2)25-17-11-13-26(14-12-17)18-7-3-4-8-18/h5-6,9-10,17-18H,3-4,7-8,11-15H2,1-2H3,(H2,23,24,25). The second-order valence-electron chi connectivity index (χ2n) is 7.97. The average molecular weight is 369 g/mol. The number of piperidine rings is 1. The zero-order chi connectivity index (χ0) is 18.6. The first-order valence-electron chi connectivity index (χ1n) is 10.4. The van der Waals surface area contributed by atoms with Crippen molar-refractivity contribution in [2.75, 3.05) is 20.1 Å². The largest absolute Gasteiger partial charge is 0.459 e. The van der Waals surface area contributed by atoms with Crippen LogP contribution in [0.4, 0.5) is 0 Å². The molecular formula is C22H32N4O. The SMILES string of the molecule is CN=C(NCc1oc2ccccc2c1C)NC1CCN(C2CCCC2)CC1. The fraction of sp³-hybridized carbons (Fsp3) is 0.591. The molecule has 0 radical (unpaired) electrons. The van der Waals surface area contributed by atoms with E-state index in [0.717, 1.165) is 23.3 Å². The zero-order valence-electron chi connectivity index (χ0n) is 16.6. The summed E-state index contributed by atoms with van der Waals surface area (Å²) in [5, 5.41) is 8.23. The van der Waals surface area contributed by atoms with Crippen LogP contribution in [0, 0.1) is 6.92 Å². The number of hydrogen-bond donors (Lipinski definition) is 2. The van der Waals surface area contributed by atoms with Crippen LogP contribution < -0.4 is 10.6 Å². The Morgan fingerprint density at radius 3 is 2.59 bits per heavy atom. The molecule has 4 rings (SSSR count). The van der Waals surface area contributed by atoms with Crippen LogP contribution >= 0.6 is 0 Å². The number of guanidine groups is 1. The van der Waals surface area contributed by atoms with Gasteiger partial charge in [0.25, 0.3) is 0 Å². The number of likely N-dealkylation sites (tertiary alicyclic amines) is 1. The van der Waals surface area contributed by atoms with Gasteiger partial charge in [-0.3, -0.25) is 4.99 Å². The Bertz CT molecular complexity index is 783. The number of nitrogens with one attached hydrogen (secondary N) is 2. The number of nitrogens with zero attached hydrogens (tertiary/aromatic N) is 2. The van der Waals surface area contributed by atoms with Crippen LogP contribution in [0.1, 0.15) is 49.8 Å². The third kappa shape index (κ3) is 4.13. The van der Waals surface area contributed by atoms with Crippen LogP contribution in [-0.2, 0) is 6.54 Å². The minimum atomic E-state index is 0.505. The van der Waals surface area contributed by atoms with Crippen LogP contribution in [0.2, 0.25) is 0 Å². The van der Waals surface area contributed by atoms with Gasteiger partial charge in [0, 0.05) is 43.2 Å². The van der Waals surface area contributed by atoms with E-state index in [2.05, 4.69) is 39.6 Å². The molecule has 0 unspecified atom stereocenters. The van der Waals surface area contributed by atoms with Crippen molar-refractivity contribution in [2.45, 2.75) is 64.1 Å². The lowest BCUT2D eigenvalue weighted by atomic mass is 10.0. The second-order valence-corrected chi connectivity index (χ2v) is 7.97. The number of benzene rings is 1. The van der Waals surface area contributed by atoms with E-state index in [4.69, 9.17) is 4.42 Å². The maximum atomic E-state index is 6.00. The summed E-state index contributed by atoms with van der Waals surface area (Å²) >= 11 is 0. The van der Waals surface area contributed by atoms with Gasteiger partial charge >= 0.3 is 0 Å². The molecule has 2 aliphatic rings. The summed E-state index contributed by atoms with van der Waals surface area (Å²) in [6.45, 7) is 5.20. The lowest BCUT2D eigenvalue weighted by Gasteiger charge is -2.36. The molecule has 1 saturated carbocycles. The summed E-state index contributed by atoms with van der Waals surface area (Å²) in [6, 6.07) is 9.56. The van der Waals surface area contributed by atoms with Crippen LogP contribution in [-0.4, -0.2) is 43.1 Å². The predicted molar refractivity (Wildman–Crippen MR) is 111 cm³/mol. The number of rotatable bonds is 4. The molecule has 1 aromatic carbocycles. The Morgan fingerprint density at radius 2 is 1.89 bits per heavy atom. The van der Waals surface area contributed by atoms with Crippen molar-refractivity contribution in [3.63, 3.8) is 0 Å². The van der Waals surface area contributed by atoms with E-state index in [1.54, 1.807) is 0 Å². The maximum Gasteiger partial charge on any atom is 0.191 e. The number of furan rings is 1. The lowest BCUT2D eigenvalue weighted by molar-refractivity contribution is 0.150. The molecule has 5 heteroatoms. The highest BCUT2D eigenvalue weighted by atomic mass is 16.3. The molecule has 1 aliphatic heterocycles. The van der Waals surface area contributed by atoms with E-state index in [1.807, 2.05) is 19.2 Å². The molecule has 27 heavy (non-hydrogen) atoms. The van der Waals surface area contributed by atoms with Crippen molar-refractivity contribution in [3.05, 3.63) is 35.6 Å². The molecule has 1 aromatic heterocycles. The van der Waals surface area contributed by atoms with Crippen LogP contribution in [0.3, 0.4) is 0 Å². The number of aliphatic imine (C=N–C) groups is 1. The molecule has 5 nitrogen and oxygen atoms in total. The van der Waals surface area contributed by atoms with Gasteiger partial charge in [0.1, 0.15) is 11.3 Å². The zero-order valence-corrected chi connectivity index (χ0v) is 16.6. The van der Waals surface area contributed by atoms with Gasteiger partial charge in [-0.05, 0) is 38.7 Å². The summed E-state index contributed by atoms with van der Waals surface area (Å²) in [7, 11) is 1.84. The molecule has 2 N–H and O–H groups in total. The highest BCUT2D eigenvalue weighted by Crippen LogP contribution is 2.26. The Balaban J connectivity index is 1.29. The number of aryl methyl sites for hydroxylation is 1. The first-order chi connectivity index (χ1) is 13.2. The van der Waals surface area contributed by atoms with Gasteiger partial charge in [-0.2, -0.15) is 0 Å². The van der Waals surface area contributed by atoms with Gasteiger partial charge in [-0.25, -0.2) is 0 Å². The lowest BCUT2D eigenvalue weighted by Crippen LogP contribution is -2.50. The minimum Gasteiger partial charge on any atom is -0.459 e. The van der Waals surface area contributed by atoms with Crippen molar-refractivity contribution in [1.82, 2.24) is 15.5 Å². The first-order valence-corrected chi connectivity index (χ1v) is 10.4. The van der Waals surface area contributed by atoms with Gasteiger partial charge in [0.05, 0.1) is 6.54 Å². The Labute approximate surface area is 162 Å². The minimum absolute atomic E-state index is 0.505. The summed E-state index contributed by atoms with van der Waals surface area (Å²) in [4.78, 5) is 7.12. The van der Waals surface area contributed by atoms with E-state index < -0.39 is 0 Å². The summed E-state index contributed by atoms with van der Waals surface area (Å²) in [6.07, 6.45) is 8.03. The van der Waals surface area contributed by atoms with Crippen molar-refractivity contribution in [2.24, 2.45) is 4.99 Å². The molecule has 2 fully saturated rings. The summed E-state index contributed by atoms with van der Waals surface area (Å²) < 4.78 is 6.00. The highest BCUT2D eigenvalue weighted by Gasteiger charge is 2.27.